The molecule has 4 saturated heterocycles. The van der Waals surface area contributed by atoms with Gasteiger partial charge < -0.3 is 19.3 Å². The number of ether oxygens (including phenoxy) is 2. The van der Waals surface area contributed by atoms with Crippen LogP contribution in [0.25, 0.3) is 0 Å². The maximum Gasteiger partial charge on any atom is 0.410 e. The van der Waals surface area contributed by atoms with Crippen LogP contribution in [-0.4, -0.2) is 65.4 Å². The Kier molecular flexibility index (Phi) is 5.23. The van der Waals surface area contributed by atoms with Crippen molar-refractivity contribution in [3.8, 4) is 11.6 Å². The summed E-state index contributed by atoms with van der Waals surface area (Å²) >= 11 is 0. The minimum Gasteiger partial charge on any atom is -0.443 e. The lowest BCUT2D eigenvalue weighted by molar-refractivity contribution is -0.0277. The van der Waals surface area contributed by atoms with Gasteiger partial charge in [-0.2, -0.15) is 0 Å². The second-order valence-electron chi connectivity index (χ2n) is 10.8. The van der Waals surface area contributed by atoms with E-state index in [1.165, 1.54) is 18.5 Å². The van der Waals surface area contributed by atoms with E-state index in [2.05, 4.69) is 14.9 Å². The molecule has 5 fully saturated rings. The number of rotatable bonds is 5. The van der Waals surface area contributed by atoms with Crippen LogP contribution in [0.3, 0.4) is 0 Å². The van der Waals surface area contributed by atoms with Crippen LogP contribution in [0.5, 0.6) is 11.6 Å². The summed E-state index contributed by atoms with van der Waals surface area (Å²) in [6.07, 6.45) is 7.52. The molecule has 0 atom stereocenters. The minimum atomic E-state index is -3.53. The van der Waals surface area contributed by atoms with Crippen LogP contribution in [-0.2, 0) is 14.6 Å². The fraction of sp³-hybridized carbons (Fsp3) is 0.560. The van der Waals surface area contributed by atoms with Crippen molar-refractivity contribution >= 4 is 21.7 Å². The van der Waals surface area contributed by atoms with Gasteiger partial charge in [-0.25, -0.2) is 27.6 Å². The van der Waals surface area contributed by atoms with Crippen LogP contribution in [0.1, 0.15) is 51.0 Å². The molecule has 9 nitrogen and oxygen atoms in total. The van der Waals surface area contributed by atoms with Crippen LogP contribution in [0, 0.1) is 12.7 Å². The number of sulfone groups is 1. The average Bonchev–Trinajstić information content (AvgIpc) is 3.52. The second kappa shape index (κ2) is 8.03. The summed E-state index contributed by atoms with van der Waals surface area (Å²) in [6, 6.07) is 4.36. The Balaban J connectivity index is 1.22. The molecule has 4 aliphatic heterocycles. The quantitative estimate of drug-likeness (QED) is 0.588. The molecule has 2 aromatic rings. The molecule has 7 rings (SSSR count). The molecule has 0 N–H and O–H groups in total. The van der Waals surface area contributed by atoms with Crippen molar-refractivity contribution in [3.63, 3.8) is 0 Å². The molecule has 1 aliphatic carbocycles. The van der Waals surface area contributed by atoms with E-state index in [1.807, 2.05) is 18.7 Å². The number of benzene rings is 1. The van der Waals surface area contributed by atoms with Crippen molar-refractivity contribution in [2.24, 2.45) is 0 Å². The van der Waals surface area contributed by atoms with E-state index in [4.69, 9.17) is 9.47 Å². The molecular formula is C25H29FN4O5S. The lowest BCUT2D eigenvalue weighted by atomic mass is 9.73. The summed E-state index contributed by atoms with van der Waals surface area (Å²) in [6.45, 7) is 3.84. The van der Waals surface area contributed by atoms with Gasteiger partial charge in [0.1, 0.15) is 17.7 Å². The largest absolute Gasteiger partial charge is 0.443 e. The number of halogens is 1. The fourth-order valence-electron chi connectivity index (χ4n) is 6.02. The van der Waals surface area contributed by atoms with Gasteiger partial charge in [-0.1, -0.05) is 0 Å². The summed E-state index contributed by atoms with van der Waals surface area (Å²) in [4.78, 5) is 25.9. The molecule has 1 aromatic carbocycles. The molecule has 5 heterocycles. The normalized spacial score (nSPS) is 27.8. The lowest BCUT2D eigenvalue weighted by Crippen LogP contribution is -2.70. The van der Waals surface area contributed by atoms with Gasteiger partial charge in [0.15, 0.2) is 21.4 Å². The van der Waals surface area contributed by atoms with E-state index < -0.39 is 15.7 Å². The number of carbonyl (C=O) groups is 1. The van der Waals surface area contributed by atoms with Crippen molar-refractivity contribution in [1.29, 1.82) is 0 Å². The van der Waals surface area contributed by atoms with E-state index in [0.717, 1.165) is 56.7 Å². The van der Waals surface area contributed by atoms with Gasteiger partial charge in [-0.05, 0) is 70.6 Å². The molecule has 1 amide bonds. The van der Waals surface area contributed by atoms with Gasteiger partial charge in [0.25, 0.3) is 0 Å². The highest BCUT2D eigenvalue weighted by Crippen LogP contribution is 2.48. The first-order valence-corrected chi connectivity index (χ1v) is 14.2. The van der Waals surface area contributed by atoms with Crippen molar-refractivity contribution < 1.29 is 27.1 Å². The molecule has 0 unspecified atom stereocenters. The Hall–Kier alpha value is -2.95. The number of amides is 1. The number of aromatic nitrogens is 2. The van der Waals surface area contributed by atoms with Crippen LogP contribution in [0.15, 0.2) is 29.4 Å². The monoisotopic (exact) mass is 516 g/mol. The van der Waals surface area contributed by atoms with Gasteiger partial charge in [-0.15, -0.1) is 0 Å². The molecular weight excluding hydrogens is 487 g/mol. The van der Waals surface area contributed by atoms with E-state index >= 15 is 0 Å². The van der Waals surface area contributed by atoms with Crippen LogP contribution in [0.2, 0.25) is 0 Å². The highest BCUT2D eigenvalue weighted by Gasteiger charge is 2.55. The number of nitrogens with zero attached hydrogens (tertiary/aromatic N) is 4. The Labute approximate surface area is 209 Å². The first-order valence-electron chi connectivity index (χ1n) is 12.3. The van der Waals surface area contributed by atoms with E-state index in [9.17, 15) is 17.6 Å². The number of piperidine rings is 4. The topological polar surface area (TPSA) is 102 Å². The van der Waals surface area contributed by atoms with Gasteiger partial charge in [0, 0.05) is 30.4 Å². The SMILES string of the molecule is Cc1c(Oc2ccc(S(C)(=O)=O)cc2F)ncnc1N1C2CC3CC1CC(C2)N3C(=O)OC1(C)CC1. The molecule has 36 heavy (non-hydrogen) atoms. The zero-order valence-corrected chi connectivity index (χ0v) is 21.3. The number of hydrogen-bond donors (Lipinski definition) is 0. The Bertz CT molecular complexity index is 1320. The summed E-state index contributed by atoms with van der Waals surface area (Å²) in [7, 11) is -3.53. The first kappa shape index (κ1) is 23.4. The minimum absolute atomic E-state index is 0.103. The molecule has 0 radical (unpaired) electrons. The molecule has 5 aliphatic rings. The molecule has 1 aromatic heterocycles. The van der Waals surface area contributed by atoms with Crippen LogP contribution < -0.4 is 9.64 Å². The van der Waals surface area contributed by atoms with Crippen molar-refractivity contribution in [3.05, 3.63) is 35.9 Å². The van der Waals surface area contributed by atoms with E-state index in [-0.39, 0.29) is 52.4 Å². The van der Waals surface area contributed by atoms with Gasteiger partial charge in [-0.3, -0.25) is 0 Å². The van der Waals surface area contributed by atoms with Gasteiger partial charge >= 0.3 is 6.09 Å². The molecule has 4 bridgehead atoms. The third kappa shape index (κ3) is 3.97. The fourth-order valence-corrected chi connectivity index (χ4v) is 6.65. The average molecular weight is 517 g/mol. The Morgan fingerprint density at radius 3 is 2.28 bits per heavy atom. The number of carbonyl (C=O) groups excluding carboxylic acids is 1. The Morgan fingerprint density at radius 1 is 1.08 bits per heavy atom. The first-order chi connectivity index (χ1) is 17.0. The predicted molar refractivity (Wildman–Crippen MR) is 128 cm³/mol. The molecule has 1 saturated carbocycles. The smallest absolute Gasteiger partial charge is 0.410 e. The van der Waals surface area contributed by atoms with E-state index in [0.29, 0.717) is 5.56 Å². The maximum absolute atomic E-state index is 14.6. The van der Waals surface area contributed by atoms with E-state index in [1.54, 1.807) is 0 Å². The molecule has 0 spiro atoms. The number of anilines is 1. The second-order valence-corrected chi connectivity index (χ2v) is 12.8. The van der Waals surface area contributed by atoms with Crippen molar-refractivity contribution in [2.45, 2.75) is 87.0 Å². The standard InChI is InChI=1S/C25H29FN4O5S/c1-14-22(27-13-28-23(14)34-21-5-4-19(12-20(21)26)36(3,32)33)29-15-8-17-10-16(29)11-18(9-15)30(17)24(31)35-25(2)6-7-25/h4-5,12-13,15-18H,6-11H2,1-3H3. The molecule has 192 valence electrons. The highest BCUT2D eigenvalue weighted by molar-refractivity contribution is 7.90. The van der Waals surface area contributed by atoms with Crippen molar-refractivity contribution in [1.82, 2.24) is 14.9 Å². The maximum atomic E-state index is 14.6. The van der Waals surface area contributed by atoms with Gasteiger partial charge in [0.05, 0.1) is 10.5 Å². The lowest BCUT2D eigenvalue weighted by Gasteiger charge is -2.61. The summed E-state index contributed by atoms with van der Waals surface area (Å²) in [5, 5.41) is 0. The van der Waals surface area contributed by atoms with Crippen LogP contribution in [0.4, 0.5) is 15.0 Å². The van der Waals surface area contributed by atoms with Crippen LogP contribution >= 0.6 is 0 Å². The summed E-state index contributed by atoms with van der Waals surface area (Å²) < 4.78 is 49.6. The molecule has 11 heteroatoms. The summed E-state index contributed by atoms with van der Waals surface area (Å²) in [5.41, 5.74) is 0.408. The predicted octanol–water partition coefficient (Wildman–Crippen LogP) is 3.99. The van der Waals surface area contributed by atoms with Gasteiger partial charge in [0.2, 0.25) is 5.88 Å². The highest BCUT2D eigenvalue weighted by atomic mass is 32.2. The van der Waals surface area contributed by atoms with Crippen molar-refractivity contribution in [2.75, 3.05) is 11.2 Å². The zero-order valence-electron chi connectivity index (χ0n) is 20.5. The summed E-state index contributed by atoms with van der Waals surface area (Å²) in [5.74, 6) is 0.0949. The zero-order chi connectivity index (χ0) is 25.4. The number of hydrogen-bond acceptors (Lipinski definition) is 8. The Morgan fingerprint density at radius 2 is 1.72 bits per heavy atom. The third-order valence-corrected chi connectivity index (χ3v) is 9.15. The third-order valence-electron chi connectivity index (χ3n) is 8.04.